The van der Waals surface area contributed by atoms with Crippen molar-refractivity contribution in [2.75, 3.05) is 12.4 Å². The number of benzene rings is 2. The Bertz CT molecular complexity index is 1240. The molecular weight excluding hydrogens is 358 g/mol. The van der Waals surface area contributed by atoms with Crippen molar-refractivity contribution in [3.05, 3.63) is 70.3 Å². The molecule has 0 bridgehead atoms. The molecule has 1 N–H and O–H groups in total. The number of carbonyl (C=O) groups is 1. The van der Waals surface area contributed by atoms with Crippen LogP contribution in [0, 0.1) is 0 Å². The Kier molecular flexibility index (Phi) is 4.52. The Morgan fingerprint density at radius 2 is 1.86 bits per heavy atom. The van der Waals surface area contributed by atoms with Crippen molar-refractivity contribution in [2.45, 2.75) is 20.0 Å². The van der Waals surface area contributed by atoms with E-state index in [2.05, 4.69) is 15.5 Å². The van der Waals surface area contributed by atoms with Crippen LogP contribution in [0.15, 0.2) is 53.3 Å². The SMILES string of the molecule is CCn1c(=O)c2ccccc2n2c(CNc3ccccc3C(=O)OC)nnc12. The summed E-state index contributed by atoms with van der Waals surface area (Å²) in [5, 5.41) is 12.3. The lowest BCUT2D eigenvalue weighted by atomic mass is 10.2. The summed E-state index contributed by atoms with van der Waals surface area (Å²) in [5.74, 6) is 0.705. The van der Waals surface area contributed by atoms with Gasteiger partial charge in [0.25, 0.3) is 5.56 Å². The Hall–Kier alpha value is -3.68. The Labute approximate surface area is 160 Å². The summed E-state index contributed by atoms with van der Waals surface area (Å²) >= 11 is 0. The molecule has 0 aliphatic carbocycles. The molecule has 142 valence electrons. The highest BCUT2D eigenvalue weighted by Crippen LogP contribution is 2.19. The van der Waals surface area contributed by atoms with E-state index < -0.39 is 5.97 Å². The van der Waals surface area contributed by atoms with Gasteiger partial charge in [-0.05, 0) is 31.2 Å². The van der Waals surface area contributed by atoms with Crippen LogP contribution in [0.2, 0.25) is 0 Å². The van der Waals surface area contributed by atoms with E-state index >= 15 is 0 Å². The number of rotatable bonds is 5. The van der Waals surface area contributed by atoms with Crippen LogP contribution in [0.1, 0.15) is 23.1 Å². The lowest BCUT2D eigenvalue weighted by Gasteiger charge is -2.12. The molecule has 0 atom stereocenters. The van der Waals surface area contributed by atoms with Gasteiger partial charge >= 0.3 is 5.97 Å². The second kappa shape index (κ2) is 7.15. The van der Waals surface area contributed by atoms with Gasteiger partial charge in [-0.25, -0.2) is 4.79 Å². The maximum Gasteiger partial charge on any atom is 0.339 e. The zero-order valence-electron chi connectivity index (χ0n) is 15.5. The molecule has 0 aliphatic heterocycles. The Balaban J connectivity index is 1.81. The van der Waals surface area contributed by atoms with Crippen molar-refractivity contribution in [3.63, 3.8) is 0 Å². The smallest absolute Gasteiger partial charge is 0.339 e. The maximum atomic E-state index is 12.7. The van der Waals surface area contributed by atoms with Crippen LogP contribution in [0.3, 0.4) is 0 Å². The van der Waals surface area contributed by atoms with Gasteiger partial charge in [0.1, 0.15) is 0 Å². The molecule has 2 aromatic carbocycles. The van der Waals surface area contributed by atoms with Crippen LogP contribution >= 0.6 is 0 Å². The largest absolute Gasteiger partial charge is 0.465 e. The second-order valence-corrected chi connectivity index (χ2v) is 6.21. The zero-order chi connectivity index (χ0) is 19.7. The van der Waals surface area contributed by atoms with Crippen LogP contribution in [0.4, 0.5) is 5.69 Å². The number of methoxy groups -OCH3 is 1. The fourth-order valence-corrected chi connectivity index (χ4v) is 3.31. The van der Waals surface area contributed by atoms with E-state index in [0.717, 1.165) is 5.52 Å². The van der Waals surface area contributed by atoms with Crippen molar-refractivity contribution < 1.29 is 9.53 Å². The average molecular weight is 377 g/mol. The summed E-state index contributed by atoms with van der Waals surface area (Å²) in [6.07, 6.45) is 0. The quantitative estimate of drug-likeness (QED) is 0.537. The molecular formula is C20H19N5O3. The molecule has 28 heavy (non-hydrogen) atoms. The standard InChI is InChI=1S/C20H19N5O3/c1-3-24-18(26)14-9-5-7-11-16(14)25-17(22-23-20(24)25)12-21-15-10-6-4-8-13(15)19(27)28-2/h4-11,21H,3,12H2,1-2H3. The van der Waals surface area contributed by atoms with Crippen molar-refractivity contribution in [1.29, 1.82) is 0 Å². The molecule has 0 spiro atoms. The summed E-state index contributed by atoms with van der Waals surface area (Å²) in [4.78, 5) is 24.7. The summed E-state index contributed by atoms with van der Waals surface area (Å²) in [6, 6.07) is 14.5. The number of carbonyl (C=O) groups excluding carboxylic acids is 1. The average Bonchev–Trinajstić information content (AvgIpc) is 3.16. The first-order valence-corrected chi connectivity index (χ1v) is 8.92. The normalized spacial score (nSPS) is 11.1. The molecule has 0 amide bonds. The fraction of sp³-hybridized carbons (Fsp3) is 0.200. The third kappa shape index (κ3) is 2.79. The van der Waals surface area contributed by atoms with Gasteiger partial charge in [0.2, 0.25) is 5.78 Å². The fourth-order valence-electron chi connectivity index (χ4n) is 3.31. The summed E-state index contributed by atoms with van der Waals surface area (Å²) < 4.78 is 8.30. The van der Waals surface area contributed by atoms with Gasteiger partial charge in [-0.1, -0.05) is 24.3 Å². The molecule has 0 radical (unpaired) electrons. The number of nitrogens with one attached hydrogen (secondary N) is 1. The highest BCUT2D eigenvalue weighted by Gasteiger charge is 2.16. The molecule has 4 aromatic rings. The lowest BCUT2D eigenvalue weighted by molar-refractivity contribution is 0.0602. The van der Waals surface area contributed by atoms with Crippen molar-refractivity contribution in [3.8, 4) is 0 Å². The minimum Gasteiger partial charge on any atom is -0.465 e. The number of fused-ring (bicyclic) bond motifs is 3. The maximum absolute atomic E-state index is 12.7. The van der Waals surface area contributed by atoms with Crippen molar-refractivity contribution >= 4 is 28.3 Å². The van der Waals surface area contributed by atoms with Crippen LogP contribution < -0.4 is 10.9 Å². The number of esters is 1. The van der Waals surface area contributed by atoms with E-state index in [0.29, 0.717) is 41.3 Å². The number of hydrogen-bond acceptors (Lipinski definition) is 6. The highest BCUT2D eigenvalue weighted by molar-refractivity contribution is 5.95. The third-order valence-corrected chi connectivity index (χ3v) is 4.66. The number of hydrogen-bond donors (Lipinski definition) is 1. The second-order valence-electron chi connectivity index (χ2n) is 6.21. The van der Waals surface area contributed by atoms with E-state index in [4.69, 9.17) is 4.74 Å². The molecule has 0 unspecified atom stereocenters. The van der Waals surface area contributed by atoms with E-state index in [-0.39, 0.29) is 5.56 Å². The van der Waals surface area contributed by atoms with Crippen molar-refractivity contribution in [1.82, 2.24) is 19.2 Å². The minimum absolute atomic E-state index is 0.0893. The van der Waals surface area contributed by atoms with Gasteiger partial charge in [0.05, 0.1) is 30.1 Å². The number of aromatic nitrogens is 4. The van der Waals surface area contributed by atoms with E-state index in [9.17, 15) is 9.59 Å². The molecule has 4 rings (SSSR count). The van der Waals surface area contributed by atoms with Gasteiger partial charge in [-0.15, -0.1) is 10.2 Å². The van der Waals surface area contributed by atoms with E-state index in [1.54, 1.807) is 28.8 Å². The van der Waals surface area contributed by atoms with Gasteiger partial charge in [-0.3, -0.25) is 13.8 Å². The van der Waals surface area contributed by atoms with E-state index in [1.807, 2.05) is 35.6 Å². The van der Waals surface area contributed by atoms with Gasteiger partial charge < -0.3 is 10.1 Å². The topological polar surface area (TPSA) is 90.5 Å². The van der Waals surface area contributed by atoms with Crippen LogP contribution in [0.25, 0.3) is 16.7 Å². The Morgan fingerprint density at radius 3 is 2.64 bits per heavy atom. The summed E-state index contributed by atoms with van der Waals surface area (Å²) in [7, 11) is 1.35. The van der Waals surface area contributed by atoms with Gasteiger partial charge in [0.15, 0.2) is 5.82 Å². The molecule has 0 fully saturated rings. The predicted octanol–water partition coefficient (Wildman–Crippen LogP) is 2.46. The number of aryl methyl sites for hydroxylation is 1. The Morgan fingerprint density at radius 1 is 1.11 bits per heavy atom. The van der Waals surface area contributed by atoms with E-state index in [1.165, 1.54) is 7.11 Å². The van der Waals surface area contributed by atoms with Gasteiger partial charge in [-0.2, -0.15) is 0 Å². The first-order chi connectivity index (χ1) is 13.7. The zero-order valence-corrected chi connectivity index (χ0v) is 15.5. The predicted molar refractivity (Wildman–Crippen MR) is 106 cm³/mol. The van der Waals surface area contributed by atoms with Gasteiger partial charge in [0, 0.05) is 12.2 Å². The van der Waals surface area contributed by atoms with Crippen LogP contribution in [-0.2, 0) is 17.8 Å². The first-order valence-electron chi connectivity index (χ1n) is 8.92. The summed E-state index contributed by atoms with van der Waals surface area (Å²) in [5.41, 5.74) is 1.73. The lowest BCUT2D eigenvalue weighted by Crippen LogP contribution is -2.23. The number of ether oxygens (including phenoxy) is 1. The van der Waals surface area contributed by atoms with Crippen molar-refractivity contribution in [2.24, 2.45) is 0 Å². The number of anilines is 1. The van der Waals surface area contributed by atoms with Crippen LogP contribution in [-0.4, -0.2) is 32.2 Å². The molecule has 0 saturated heterocycles. The third-order valence-electron chi connectivity index (χ3n) is 4.66. The molecule has 8 heteroatoms. The first kappa shape index (κ1) is 17.7. The number of para-hydroxylation sites is 2. The monoisotopic (exact) mass is 377 g/mol. The molecule has 2 heterocycles. The highest BCUT2D eigenvalue weighted by atomic mass is 16.5. The molecule has 2 aromatic heterocycles. The minimum atomic E-state index is -0.417. The van der Waals surface area contributed by atoms with Crippen LogP contribution in [0.5, 0.6) is 0 Å². The molecule has 0 aliphatic rings. The number of nitrogens with zero attached hydrogens (tertiary/aromatic N) is 4. The summed E-state index contributed by atoms with van der Waals surface area (Å²) in [6.45, 7) is 2.71. The molecule has 0 saturated carbocycles. The molecule has 8 nitrogen and oxygen atoms in total.